The van der Waals surface area contributed by atoms with Crippen LogP contribution in [0.2, 0.25) is 0 Å². The third-order valence-corrected chi connectivity index (χ3v) is 8.93. The SMILES string of the molecule is CC1C[C@]2(C)C3=CC[C@@]4(C)[C@@H](CC[C@]4(O)C(=O)CO)[C@@H]3CCC2CC1=O. The number of aliphatic hydroxyl groups is 2. The van der Waals surface area contributed by atoms with Gasteiger partial charge in [-0.25, -0.2) is 0 Å². The molecule has 4 aliphatic carbocycles. The zero-order chi connectivity index (χ0) is 18.9. The number of Topliss-reactive ketones (excluding diaryl/α,β-unsaturated/α-hetero) is 2. The van der Waals surface area contributed by atoms with Crippen molar-refractivity contribution in [3.8, 4) is 0 Å². The molecule has 3 fully saturated rings. The van der Waals surface area contributed by atoms with Gasteiger partial charge < -0.3 is 10.2 Å². The first kappa shape index (κ1) is 18.4. The minimum absolute atomic E-state index is 0.0826. The van der Waals surface area contributed by atoms with E-state index in [9.17, 15) is 19.8 Å². The van der Waals surface area contributed by atoms with Gasteiger partial charge in [-0.15, -0.1) is 0 Å². The fourth-order valence-electron chi connectivity index (χ4n) is 7.27. The Morgan fingerprint density at radius 3 is 2.69 bits per heavy atom. The molecule has 7 atom stereocenters. The van der Waals surface area contributed by atoms with E-state index in [1.54, 1.807) is 0 Å². The van der Waals surface area contributed by atoms with Crippen LogP contribution in [0.1, 0.15) is 65.7 Å². The third kappa shape index (κ3) is 2.15. The zero-order valence-corrected chi connectivity index (χ0v) is 16.3. The highest BCUT2D eigenvalue weighted by molar-refractivity contribution is 5.89. The summed E-state index contributed by atoms with van der Waals surface area (Å²) in [5, 5.41) is 20.6. The standard InChI is InChI=1S/C22H32O4/c1-13-11-20(2)14(10-18(13)24)4-5-15-16(20)6-8-21(3)17(15)7-9-22(21,26)19(25)12-23/h6,13-15,17,23,26H,4-5,7-12H2,1-3H3/t13?,14?,15-,17+,20+,21+,22+/m1/s1. The lowest BCUT2D eigenvalue weighted by molar-refractivity contribution is -0.156. The molecule has 0 amide bonds. The molecule has 0 aromatic heterocycles. The number of hydrogen-bond acceptors (Lipinski definition) is 4. The maximum Gasteiger partial charge on any atom is 0.190 e. The van der Waals surface area contributed by atoms with Crippen molar-refractivity contribution in [3.05, 3.63) is 11.6 Å². The summed E-state index contributed by atoms with van der Waals surface area (Å²) in [6, 6.07) is 0. The van der Waals surface area contributed by atoms with E-state index in [-0.39, 0.29) is 17.3 Å². The summed E-state index contributed by atoms with van der Waals surface area (Å²) in [6.45, 7) is 5.88. The van der Waals surface area contributed by atoms with Crippen LogP contribution in [0.15, 0.2) is 11.6 Å². The second-order valence-corrected chi connectivity index (χ2v) is 9.94. The molecule has 0 aliphatic heterocycles. The van der Waals surface area contributed by atoms with Crippen molar-refractivity contribution < 1.29 is 19.8 Å². The lowest BCUT2D eigenvalue weighted by Gasteiger charge is -2.57. The Balaban J connectivity index is 1.72. The molecule has 4 nitrogen and oxygen atoms in total. The van der Waals surface area contributed by atoms with Crippen LogP contribution < -0.4 is 0 Å². The molecule has 3 saturated carbocycles. The van der Waals surface area contributed by atoms with E-state index in [2.05, 4.69) is 19.9 Å². The highest BCUT2D eigenvalue weighted by Gasteiger charge is 2.64. The summed E-state index contributed by atoms with van der Waals surface area (Å²) in [5.41, 5.74) is -0.307. The molecule has 2 unspecified atom stereocenters. The number of carbonyl (C=O) groups excluding carboxylic acids is 2. The number of carbonyl (C=O) groups is 2. The summed E-state index contributed by atoms with van der Waals surface area (Å²) in [4.78, 5) is 24.6. The summed E-state index contributed by atoms with van der Waals surface area (Å²) in [7, 11) is 0. The van der Waals surface area contributed by atoms with Gasteiger partial charge in [-0.05, 0) is 61.7 Å². The van der Waals surface area contributed by atoms with Crippen molar-refractivity contribution >= 4 is 11.6 Å². The molecular formula is C22H32O4. The van der Waals surface area contributed by atoms with Crippen LogP contribution in [0.4, 0.5) is 0 Å². The van der Waals surface area contributed by atoms with Crippen molar-refractivity contribution in [2.45, 2.75) is 71.3 Å². The third-order valence-electron chi connectivity index (χ3n) is 8.93. The lowest BCUT2D eigenvalue weighted by Crippen LogP contribution is -2.56. The molecule has 4 heteroatoms. The van der Waals surface area contributed by atoms with Crippen molar-refractivity contribution in [3.63, 3.8) is 0 Å². The van der Waals surface area contributed by atoms with E-state index < -0.39 is 23.4 Å². The first-order chi connectivity index (χ1) is 12.2. The van der Waals surface area contributed by atoms with Gasteiger partial charge in [-0.3, -0.25) is 9.59 Å². The number of fused-ring (bicyclic) bond motifs is 5. The van der Waals surface area contributed by atoms with Gasteiger partial charge in [-0.2, -0.15) is 0 Å². The van der Waals surface area contributed by atoms with Crippen LogP contribution in [-0.4, -0.2) is 34.0 Å². The number of aliphatic hydroxyl groups excluding tert-OH is 1. The zero-order valence-electron chi connectivity index (χ0n) is 16.3. The van der Waals surface area contributed by atoms with Gasteiger partial charge in [-0.1, -0.05) is 32.4 Å². The Labute approximate surface area is 156 Å². The molecule has 0 aromatic rings. The molecule has 4 rings (SSSR count). The molecule has 0 bridgehead atoms. The fraction of sp³-hybridized carbons (Fsp3) is 0.818. The quantitative estimate of drug-likeness (QED) is 0.742. The van der Waals surface area contributed by atoms with Crippen molar-refractivity contribution in [2.75, 3.05) is 6.61 Å². The summed E-state index contributed by atoms with van der Waals surface area (Å²) in [6.07, 6.45) is 8.05. The minimum atomic E-state index is -1.40. The highest BCUT2D eigenvalue weighted by atomic mass is 16.3. The Morgan fingerprint density at radius 1 is 1.27 bits per heavy atom. The largest absolute Gasteiger partial charge is 0.388 e. The first-order valence-electron chi connectivity index (χ1n) is 10.3. The average molecular weight is 360 g/mol. The van der Waals surface area contributed by atoms with Gasteiger partial charge in [0.2, 0.25) is 0 Å². The van der Waals surface area contributed by atoms with Crippen molar-refractivity contribution in [1.29, 1.82) is 0 Å². The molecule has 0 saturated heterocycles. The predicted octanol–water partition coefficient (Wildman–Crippen LogP) is 3.06. The number of ketones is 2. The Bertz CT molecular complexity index is 682. The molecule has 4 aliphatic rings. The van der Waals surface area contributed by atoms with Gasteiger partial charge in [0.05, 0.1) is 0 Å². The van der Waals surface area contributed by atoms with Gasteiger partial charge in [0.25, 0.3) is 0 Å². The second-order valence-electron chi connectivity index (χ2n) is 9.94. The van der Waals surface area contributed by atoms with E-state index in [1.807, 2.05) is 6.92 Å². The van der Waals surface area contributed by atoms with Crippen LogP contribution in [0.3, 0.4) is 0 Å². The monoisotopic (exact) mass is 360 g/mol. The maximum absolute atomic E-state index is 12.4. The van der Waals surface area contributed by atoms with E-state index in [0.29, 0.717) is 36.9 Å². The van der Waals surface area contributed by atoms with Gasteiger partial charge in [0.15, 0.2) is 5.78 Å². The molecular weight excluding hydrogens is 328 g/mol. The van der Waals surface area contributed by atoms with Crippen LogP contribution in [0, 0.1) is 34.5 Å². The Hall–Kier alpha value is -1.00. The van der Waals surface area contributed by atoms with E-state index in [4.69, 9.17) is 0 Å². The van der Waals surface area contributed by atoms with Crippen molar-refractivity contribution in [2.24, 2.45) is 34.5 Å². The van der Waals surface area contributed by atoms with Gasteiger partial charge in [0, 0.05) is 17.8 Å². The van der Waals surface area contributed by atoms with Gasteiger partial charge in [0.1, 0.15) is 18.0 Å². The molecule has 144 valence electrons. The van der Waals surface area contributed by atoms with Crippen molar-refractivity contribution in [1.82, 2.24) is 0 Å². The maximum atomic E-state index is 12.4. The molecule has 0 aromatic carbocycles. The molecule has 0 spiro atoms. The Morgan fingerprint density at radius 2 is 2.00 bits per heavy atom. The number of hydrogen-bond donors (Lipinski definition) is 2. The topological polar surface area (TPSA) is 74.6 Å². The predicted molar refractivity (Wildman–Crippen MR) is 98.3 cm³/mol. The van der Waals surface area contributed by atoms with Crippen LogP contribution in [0.25, 0.3) is 0 Å². The minimum Gasteiger partial charge on any atom is -0.388 e. The average Bonchev–Trinajstić information content (AvgIpc) is 2.88. The van der Waals surface area contributed by atoms with Gasteiger partial charge >= 0.3 is 0 Å². The first-order valence-corrected chi connectivity index (χ1v) is 10.3. The second kappa shape index (κ2) is 5.75. The molecule has 0 heterocycles. The van der Waals surface area contributed by atoms with Crippen LogP contribution in [-0.2, 0) is 9.59 Å². The molecule has 2 N–H and O–H groups in total. The number of rotatable bonds is 2. The number of allylic oxidation sites excluding steroid dienone is 2. The lowest BCUT2D eigenvalue weighted by atomic mass is 9.47. The summed E-state index contributed by atoms with van der Waals surface area (Å²) >= 11 is 0. The highest BCUT2D eigenvalue weighted by Crippen LogP contribution is 2.66. The van der Waals surface area contributed by atoms with E-state index in [0.717, 1.165) is 25.7 Å². The molecule has 26 heavy (non-hydrogen) atoms. The van der Waals surface area contributed by atoms with E-state index in [1.165, 1.54) is 5.57 Å². The fourth-order valence-corrected chi connectivity index (χ4v) is 7.27. The summed E-state index contributed by atoms with van der Waals surface area (Å²) in [5.74, 6) is 1.25. The van der Waals surface area contributed by atoms with Crippen LogP contribution >= 0.6 is 0 Å². The molecule has 0 radical (unpaired) electrons. The van der Waals surface area contributed by atoms with E-state index >= 15 is 0 Å². The normalized spacial score (nSPS) is 50.5. The Kier molecular flexibility index (Phi) is 4.06. The van der Waals surface area contributed by atoms with Crippen LogP contribution in [0.5, 0.6) is 0 Å². The smallest absolute Gasteiger partial charge is 0.190 e. The summed E-state index contributed by atoms with van der Waals surface area (Å²) < 4.78 is 0.